The minimum atomic E-state index is -0.725. The van der Waals surface area contributed by atoms with Gasteiger partial charge in [0.25, 0.3) is 0 Å². The predicted octanol–water partition coefficient (Wildman–Crippen LogP) is 1.77. The molecule has 0 unspecified atom stereocenters. The topological polar surface area (TPSA) is 81.9 Å². The van der Waals surface area contributed by atoms with Crippen molar-refractivity contribution in [3.63, 3.8) is 0 Å². The molecular weight excluding hydrogens is 248 g/mol. The first-order valence-electron chi connectivity index (χ1n) is 6.61. The van der Waals surface area contributed by atoms with Crippen molar-refractivity contribution in [1.29, 1.82) is 0 Å². The number of hydrogen-bond donors (Lipinski definition) is 1. The summed E-state index contributed by atoms with van der Waals surface area (Å²) in [6.07, 6.45) is 1.72. The molecule has 1 aliphatic rings. The van der Waals surface area contributed by atoms with E-state index in [1.54, 1.807) is 20.8 Å². The van der Waals surface area contributed by atoms with E-state index in [9.17, 15) is 9.59 Å². The number of ether oxygens (including phenoxy) is 2. The maximum Gasteiger partial charge on any atom is 0.405 e. The van der Waals surface area contributed by atoms with Crippen molar-refractivity contribution in [1.82, 2.24) is 4.90 Å². The summed E-state index contributed by atoms with van der Waals surface area (Å²) in [5, 5.41) is 0. The Hall–Kier alpha value is -1.30. The molecule has 0 aliphatic carbocycles. The van der Waals surface area contributed by atoms with Crippen LogP contribution in [0.4, 0.5) is 4.79 Å². The Morgan fingerprint density at radius 1 is 1.26 bits per heavy atom. The van der Waals surface area contributed by atoms with E-state index < -0.39 is 11.7 Å². The average Bonchev–Trinajstić information content (AvgIpc) is 2.67. The first-order chi connectivity index (χ1) is 8.74. The summed E-state index contributed by atoms with van der Waals surface area (Å²) in [4.78, 5) is 23.1. The lowest BCUT2D eigenvalue weighted by Crippen LogP contribution is -2.28. The molecule has 0 spiro atoms. The molecule has 0 aromatic rings. The van der Waals surface area contributed by atoms with Crippen LogP contribution in [0.2, 0.25) is 0 Å². The highest BCUT2D eigenvalue weighted by atomic mass is 16.6. The first-order valence-corrected chi connectivity index (χ1v) is 6.61. The van der Waals surface area contributed by atoms with Crippen molar-refractivity contribution < 1.29 is 20.5 Å². The third-order valence-corrected chi connectivity index (χ3v) is 2.26. The molecular formula is C13H28N2O4. The summed E-state index contributed by atoms with van der Waals surface area (Å²) in [6.45, 7) is 10.2. The van der Waals surface area contributed by atoms with Crippen molar-refractivity contribution >= 4 is 12.1 Å². The molecule has 0 aromatic heterocycles. The van der Waals surface area contributed by atoms with Crippen LogP contribution in [0.5, 0.6) is 0 Å². The number of esters is 1. The third-order valence-electron chi connectivity index (χ3n) is 2.26. The van der Waals surface area contributed by atoms with Crippen LogP contribution in [0, 0.1) is 0 Å². The van der Waals surface area contributed by atoms with Crippen molar-refractivity contribution in [3.05, 3.63) is 0 Å². The number of rotatable bonds is 3. The van der Waals surface area contributed by atoms with Gasteiger partial charge >= 0.3 is 12.1 Å². The zero-order valence-electron chi connectivity index (χ0n) is 12.4. The zero-order valence-corrected chi connectivity index (χ0v) is 12.4. The second-order valence-corrected chi connectivity index (χ2v) is 5.32. The fourth-order valence-corrected chi connectivity index (χ4v) is 1.63. The Bertz CT molecular complexity index is 287. The number of likely N-dealkylation sites (tertiary alicyclic amines) is 1. The SMILES string of the molecule is CC(C)(C)OC(N)=O.CCOC(=O)CN1CCCC1.[HH]. The molecule has 1 saturated heterocycles. The molecule has 1 rings (SSSR count). The monoisotopic (exact) mass is 276 g/mol. The lowest BCUT2D eigenvalue weighted by molar-refractivity contribution is -0.144. The van der Waals surface area contributed by atoms with Crippen LogP contribution in [0.1, 0.15) is 42.0 Å². The van der Waals surface area contributed by atoms with Gasteiger partial charge in [-0.3, -0.25) is 9.69 Å². The Balaban J connectivity index is 0. The number of hydrogen-bond acceptors (Lipinski definition) is 5. The molecule has 2 N–H and O–H groups in total. The molecule has 0 atom stereocenters. The van der Waals surface area contributed by atoms with Crippen molar-refractivity contribution in [3.8, 4) is 0 Å². The first kappa shape index (κ1) is 17.7. The second kappa shape index (κ2) is 8.74. The van der Waals surface area contributed by atoms with Gasteiger partial charge in [-0.05, 0) is 53.6 Å². The molecule has 0 saturated carbocycles. The number of nitrogens with zero attached hydrogens (tertiary/aromatic N) is 1. The molecule has 1 heterocycles. The van der Waals surface area contributed by atoms with Crippen molar-refractivity contribution in [2.75, 3.05) is 26.2 Å². The summed E-state index contributed by atoms with van der Waals surface area (Å²) in [5.41, 5.74) is 4.26. The average molecular weight is 276 g/mol. The van der Waals surface area contributed by atoms with Gasteiger partial charge in [-0.2, -0.15) is 0 Å². The standard InChI is InChI=1S/C8H15NO2.C5H11NO2.H2/c1-2-11-8(10)7-9-5-3-4-6-9;1-5(2,3)8-4(6)7;/h2-7H2,1H3;1-3H3,(H2,6,7);1H. The molecule has 0 bridgehead atoms. The second-order valence-electron chi connectivity index (χ2n) is 5.32. The summed E-state index contributed by atoms with van der Waals surface area (Å²) >= 11 is 0. The maximum absolute atomic E-state index is 10.9. The molecule has 1 amide bonds. The van der Waals surface area contributed by atoms with E-state index in [2.05, 4.69) is 9.64 Å². The Morgan fingerprint density at radius 2 is 1.79 bits per heavy atom. The predicted molar refractivity (Wildman–Crippen MR) is 74.8 cm³/mol. The van der Waals surface area contributed by atoms with Crippen LogP contribution in [0.15, 0.2) is 0 Å². The Kier molecular flexibility index (Phi) is 8.14. The van der Waals surface area contributed by atoms with E-state index in [0.29, 0.717) is 13.2 Å². The van der Waals surface area contributed by atoms with Gasteiger partial charge in [-0.1, -0.05) is 0 Å². The van der Waals surface area contributed by atoms with Crippen LogP contribution in [-0.4, -0.2) is 48.8 Å². The van der Waals surface area contributed by atoms with Crippen LogP contribution < -0.4 is 5.73 Å². The van der Waals surface area contributed by atoms with E-state index in [4.69, 9.17) is 10.5 Å². The van der Waals surface area contributed by atoms with E-state index >= 15 is 0 Å². The molecule has 114 valence electrons. The molecule has 6 nitrogen and oxygen atoms in total. The summed E-state index contributed by atoms with van der Waals surface area (Å²) in [7, 11) is 0. The molecule has 6 heteroatoms. The van der Waals surface area contributed by atoms with Crippen LogP contribution >= 0.6 is 0 Å². The summed E-state index contributed by atoms with van der Waals surface area (Å²) < 4.78 is 9.40. The molecule has 19 heavy (non-hydrogen) atoms. The Labute approximate surface area is 116 Å². The highest BCUT2D eigenvalue weighted by Gasteiger charge is 2.15. The smallest absolute Gasteiger partial charge is 0.405 e. The van der Waals surface area contributed by atoms with Gasteiger partial charge in [0.2, 0.25) is 0 Å². The quantitative estimate of drug-likeness (QED) is 0.794. The number of amides is 1. The summed E-state index contributed by atoms with van der Waals surface area (Å²) in [5.74, 6) is -0.0885. The fourth-order valence-electron chi connectivity index (χ4n) is 1.63. The minimum Gasteiger partial charge on any atom is -0.465 e. The number of carbonyl (C=O) groups excluding carboxylic acids is 2. The van der Waals surface area contributed by atoms with Gasteiger partial charge in [-0.15, -0.1) is 0 Å². The molecule has 1 aliphatic heterocycles. The zero-order chi connectivity index (χ0) is 14.9. The number of nitrogens with two attached hydrogens (primary N) is 1. The highest BCUT2D eigenvalue weighted by molar-refractivity contribution is 5.71. The van der Waals surface area contributed by atoms with Gasteiger partial charge in [0, 0.05) is 1.43 Å². The van der Waals surface area contributed by atoms with E-state index in [1.165, 1.54) is 12.8 Å². The summed E-state index contributed by atoms with van der Waals surface area (Å²) in [6, 6.07) is 0. The maximum atomic E-state index is 10.9. The van der Waals surface area contributed by atoms with E-state index in [-0.39, 0.29) is 7.40 Å². The molecule has 1 fully saturated rings. The molecule has 0 radical (unpaired) electrons. The minimum absolute atomic E-state index is 0. The van der Waals surface area contributed by atoms with Crippen LogP contribution in [0.3, 0.4) is 0 Å². The Morgan fingerprint density at radius 3 is 2.11 bits per heavy atom. The van der Waals surface area contributed by atoms with Crippen LogP contribution in [-0.2, 0) is 14.3 Å². The molecule has 0 aromatic carbocycles. The highest BCUT2D eigenvalue weighted by Crippen LogP contribution is 2.06. The third kappa shape index (κ3) is 11.5. The normalized spacial score (nSPS) is 15.4. The van der Waals surface area contributed by atoms with Crippen LogP contribution in [0.25, 0.3) is 0 Å². The van der Waals surface area contributed by atoms with Gasteiger partial charge in [0.15, 0.2) is 0 Å². The van der Waals surface area contributed by atoms with Gasteiger partial charge in [0.1, 0.15) is 5.60 Å². The lowest BCUT2D eigenvalue weighted by Gasteiger charge is -2.16. The van der Waals surface area contributed by atoms with E-state index in [0.717, 1.165) is 13.1 Å². The van der Waals surface area contributed by atoms with Gasteiger partial charge in [0.05, 0.1) is 13.2 Å². The van der Waals surface area contributed by atoms with Crippen molar-refractivity contribution in [2.45, 2.75) is 46.1 Å². The fraction of sp³-hybridized carbons (Fsp3) is 0.846. The largest absolute Gasteiger partial charge is 0.465 e. The van der Waals surface area contributed by atoms with Crippen molar-refractivity contribution in [2.24, 2.45) is 5.73 Å². The number of carbonyl (C=O) groups is 2. The van der Waals surface area contributed by atoms with E-state index in [1.807, 2.05) is 6.92 Å². The van der Waals surface area contributed by atoms with Gasteiger partial charge in [-0.25, -0.2) is 4.79 Å². The number of primary amides is 1. The van der Waals surface area contributed by atoms with Gasteiger partial charge < -0.3 is 15.2 Å². The lowest BCUT2D eigenvalue weighted by atomic mass is 10.2.